The predicted octanol–water partition coefficient (Wildman–Crippen LogP) is 1.69. The number of carboxylic acids is 1. The van der Waals surface area contributed by atoms with E-state index in [1.54, 1.807) is 5.32 Å². The molecule has 7 nitrogen and oxygen atoms in total. The molecule has 25 heavy (non-hydrogen) atoms. The van der Waals surface area contributed by atoms with E-state index < -0.39 is 40.5 Å². The molecule has 134 valence electrons. The molecule has 0 saturated carbocycles. The highest BCUT2D eigenvalue weighted by Crippen LogP contribution is 2.34. The molecule has 0 aliphatic rings. The van der Waals surface area contributed by atoms with Gasteiger partial charge < -0.3 is 15.4 Å². The van der Waals surface area contributed by atoms with Gasteiger partial charge in [-0.25, -0.2) is 0 Å². The number of aromatic nitrogens is 2. The molecule has 2 heterocycles. The van der Waals surface area contributed by atoms with Gasteiger partial charge in [0.2, 0.25) is 5.43 Å². The summed E-state index contributed by atoms with van der Waals surface area (Å²) in [6.07, 6.45) is -1.48. The zero-order valence-corrected chi connectivity index (χ0v) is 13.1. The quantitative estimate of drug-likeness (QED) is 0.771. The van der Waals surface area contributed by atoms with E-state index in [-0.39, 0.29) is 5.39 Å². The maximum absolute atomic E-state index is 13.2. The van der Waals surface area contributed by atoms with Crippen molar-refractivity contribution in [1.82, 2.24) is 15.3 Å². The van der Waals surface area contributed by atoms with Crippen molar-refractivity contribution in [2.75, 3.05) is 0 Å². The molecule has 10 heteroatoms. The Labute approximate surface area is 138 Å². The summed E-state index contributed by atoms with van der Waals surface area (Å²) in [7, 11) is 0. The van der Waals surface area contributed by atoms with Crippen molar-refractivity contribution in [1.29, 1.82) is 0 Å². The number of halogens is 3. The van der Waals surface area contributed by atoms with Crippen LogP contribution in [0.5, 0.6) is 0 Å². The second-order valence-corrected chi connectivity index (χ2v) is 5.93. The topological polar surface area (TPSA) is 112 Å². The Hall–Kier alpha value is -2.91. The van der Waals surface area contributed by atoms with Crippen molar-refractivity contribution in [2.45, 2.75) is 26.1 Å². The van der Waals surface area contributed by atoms with E-state index in [0.29, 0.717) is 5.52 Å². The minimum absolute atomic E-state index is 0.0243. The molecule has 0 aliphatic carbocycles. The van der Waals surface area contributed by atoms with E-state index >= 15 is 0 Å². The highest BCUT2D eigenvalue weighted by Gasteiger charge is 2.53. The van der Waals surface area contributed by atoms with E-state index in [1.807, 2.05) is 0 Å². The van der Waals surface area contributed by atoms with Crippen LogP contribution in [0.1, 0.15) is 24.2 Å². The number of carboxylic acid groups (broad SMARTS) is 1. The third kappa shape index (κ3) is 3.47. The number of aliphatic carboxylic acids is 1. The first-order valence-electron chi connectivity index (χ1n) is 7.02. The number of nitrogens with zero attached hydrogens (tertiary/aromatic N) is 1. The molecule has 0 spiro atoms. The van der Waals surface area contributed by atoms with E-state index in [9.17, 15) is 27.6 Å². The summed E-state index contributed by atoms with van der Waals surface area (Å²) < 4.78 is 39.7. The van der Waals surface area contributed by atoms with Crippen LogP contribution >= 0.6 is 0 Å². The molecule has 0 unspecified atom stereocenters. The van der Waals surface area contributed by atoms with Gasteiger partial charge in [-0.3, -0.25) is 19.4 Å². The summed E-state index contributed by atoms with van der Waals surface area (Å²) in [6, 6.07) is -1.22. The summed E-state index contributed by atoms with van der Waals surface area (Å²) >= 11 is 0. The van der Waals surface area contributed by atoms with Crippen LogP contribution in [0, 0.1) is 5.41 Å². The van der Waals surface area contributed by atoms with E-state index in [4.69, 9.17) is 5.11 Å². The van der Waals surface area contributed by atoms with Crippen molar-refractivity contribution < 1.29 is 27.9 Å². The summed E-state index contributed by atoms with van der Waals surface area (Å²) in [6.45, 7) is 1.67. The van der Waals surface area contributed by atoms with Crippen LogP contribution in [-0.4, -0.2) is 39.2 Å². The molecular weight excluding hydrogens is 343 g/mol. The number of carbonyl (C=O) groups excluding carboxylic acids is 1. The summed E-state index contributed by atoms with van der Waals surface area (Å²) in [5.74, 6) is -3.07. The first kappa shape index (κ1) is 18.4. The van der Waals surface area contributed by atoms with Gasteiger partial charge in [0.15, 0.2) is 0 Å². The lowest BCUT2D eigenvalue weighted by molar-refractivity contribution is -0.189. The summed E-state index contributed by atoms with van der Waals surface area (Å²) in [5.41, 5.74) is -3.36. The molecule has 1 atom stereocenters. The highest BCUT2D eigenvalue weighted by molar-refractivity contribution is 5.97. The molecular formula is C15H14F3N3O4. The number of H-pyrrole nitrogens is 1. The van der Waals surface area contributed by atoms with Crippen molar-refractivity contribution in [3.05, 3.63) is 40.4 Å². The van der Waals surface area contributed by atoms with Crippen molar-refractivity contribution in [3.63, 3.8) is 0 Å². The van der Waals surface area contributed by atoms with Gasteiger partial charge in [0.25, 0.3) is 5.91 Å². The predicted molar refractivity (Wildman–Crippen MR) is 81.1 cm³/mol. The highest BCUT2D eigenvalue weighted by atomic mass is 19.4. The standard InChI is InChI=1S/C15H14F3N3O4/c1-14(2,13(24)25)12(15(16,17)18)21-11(23)8-6-20-9-3-4-19-5-7(9)10(8)22/h3-6,12H,1-2H3,(H,20,22)(H,21,23)(H,24,25)/t12-/m1/s1. The molecule has 0 aromatic carbocycles. The van der Waals surface area contributed by atoms with Gasteiger partial charge in [0, 0.05) is 18.6 Å². The number of pyridine rings is 2. The number of hydrogen-bond acceptors (Lipinski definition) is 4. The van der Waals surface area contributed by atoms with Crippen LogP contribution in [0.25, 0.3) is 10.9 Å². The Kier molecular flexibility index (Phi) is 4.56. The van der Waals surface area contributed by atoms with E-state index in [2.05, 4.69) is 9.97 Å². The minimum atomic E-state index is -5.03. The van der Waals surface area contributed by atoms with E-state index in [1.165, 1.54) is 18.5 Å². The van der Waals surface area contributed by atoms with E-state index in [0.717, 1.165) is 20.0 Å². The van der Waals surface area contributed by atoms with Crippen LogP contribution in [0.3, 0.4) is 0 Å². The first-order chi connectivity index (χ1) is 11.5. The zero-order valence-electron chi connectivity index (χ0n) is 13.1. The number of aromatic amines is 1. The fourth-order valence-corrected chi connectivity index (χ4v) is 2.23. The van der Waals surface area contributed by atoms with Gasteiger partial charge in [0.05, 0.1) is 16.3 Å². The Balaban J connectivity index is 2.45. The fourth-order valence-electron chi connectivity index (χ4n) is 2.23. The van der Waals surface area contributed by atoms with Gasteiger partial charge in [-0.05, 0) is 19.9 Å². The third-order valence-corrected chi connectivity index (χ3v) is 3.80. The maximum atomic E-state index is 13.2. The summed E-state index contributed by atoms with van der Waals surface area (Å²) in [4.78, 5) is 41.9. The lowest BCUT2D eigenvalue weighted by Crippen LogP contribution is -2.57. The number of hydrogen-bond donors (Lipinski definition) is 3. The number of fused-ring (bicyclic) bond motifs is 1. The first-order valence-corrected chi connectivity index (χ1v) is 7.02. The Bertz CT molecular complexity index is 889. The Morgan fingerprint density at radius 2 is 1.96 bits per heavy atom. The second kappa shape index (κ2) is 6.19. The Morgan fingerprint density at radius 3 is 2.52 bits per heavy atom. The number of amides is 1. The van der Waals surface area contributed by atoms with Crippen LogP contribution in [0.15, 0.2) is 29.5 Å². The van der Waals surface area contributed by atoms with Gasteiger partial charge in [0.1, 0.15) is 11.6 Å². The second-order valence-electron chi connectivity index (χ2n) is 5.93. The molecule has 0 saturated heterocycles. The zero-order chi connectivity index (χ0) is 19.0. The summed E-state index contributed by atoms with van der Waals surface area (Å²) in [5, 5.41) is 10.7. The molecule has 0 bridgehead atoms. The average molecular weight is 357 g/mol. The largest absolute Gasteiger partial charge is 0.481 e. The van der Waals surface area contributed by atoms with Gasteiger partial charge >= 0.3 is 12.1 Å². The number of alkyl halides is 3. The minimum Gasteiger partial charge on any atom is -0.481 e. The normalized spacial score (nSPS) is 13.5. The molecule has 3 N–H and O–H groups in total. The average Bonchev–Trinajstić information content (AvgIpc) is 2.51. The van der Waals surface area contributed by atoms with Crippen LogP contribution in [0.4, 0.5) is 13.2 Å². The monoisotopic (exact) mass is 357 g/mol. The molecule has 1 amide bonds. The number of carbonyl (C=O) groups is 2. The maximum Gasteiger partial charge on any atom is 0.409 e. The molecule has 2 rings (SSSR count). The van der Waals surface area contributed by atoms with Crippen LogP contribution < -0.4 is 10.7 Å². The lowest BCUT2D eigenvalue weighted by Gasteiger charge is -2.32. The smallest absolute Gasteiger partial charge is 0.409 e. The van der Waals surface area contributed by atoms with Crippen molar-refractivity contribution >= 4 is 22.8 Å². The van der Waals surface area contributed by atoms with Crippen molar-refractivity contribution in [3.8, 4) is 0 Å². The SMILES string of the molecule is CC(C)(C(=O)O)[C@@H](NC(=O)c1c[nH]c2ccncc2c1=O)C(F)(F)F. The lowest BCUT2D eigenvalue weighted by atomic mass is 9.83. The number of rotatable bonds is 4. The fraction of sp³-hybridized carbons (Fsp3) is 0.333. The Morgan fingerprint density at radius 1 is 1.32 bits per heavy atom. The number of nitrogens with one attached hydrogen (secondary N) is 2. The van der Waals surface area contributed by atoms with Crippen LogP contribution in [0.2, 0.25) is 0 Å². The molecule has 0 radical (unpaired) electrons. The molecule has 0 aliphatic heterocycles. The van der Waals surface area contributed by atoms with Gasteiger partial charge in [-0.2, -0.15) is 13.2 Å². The molecule has 2 aromatic heterocycles. The van der Waals surface area contributed by atoms with Gasteiger partial charge in [-0.1, -0.05) is 0 Å². The molecule has 0 fully saturated rings. The van der Waals surface area contributed by atoms with Crippen molar-refractivity contribution in [2.24, 2.45) is 5.41 Å². The van der Waals surface area contributed by atoms with Gasteiger partial charge in [-0.15, -0.1) is 0 Å². The van der Waals surface area contributed by atoms with Crippen LogP contribution in [-0.2, 0) is 4.79 Å². The molecule has 2 aromatic rings. The third-order valence-electron chi connectivity index (χ3n) is 3.80.